The second-order valence-electron chi connectivity index (χ2n) is 8.57. The molecule has 0 aliphatic heterocycles. The Morgan fingerprint density at radius 1 is 1.18 bits per heavy atom. The summed E-state index contributed by atoms with van der Waals surface area (Å²) in [6.07, 6.45) is 0.539. The molecule has 1 heterocycles. The van der Waals surface area contributed by atoms with E-state index in [0.29, 0.717) is 41.8 Å². The number of hydrogen-bond donors (Lipinski definition) is 0. The molecule has 1 unspecified atom stereocenters. The summed E-state index contributed by atoms with van der Waals surface area (Å²) in [4.78, 5) is 44.3. The number of hydrogen-bond acceptors (Lipinski definition) is 5. The first-order valence-corrected chi connectivity index (χ1v) is 11.2. The molecule has 174 valence electrons. The average molecular weight is 451 g/mol. The molecular weight excluding hydrogens is 420 g/mol. The van der Waals surface area contributed by atoms with Crippen LogP contribution in [0.2, 0.25) is 0 Å². The van der Waals surface area contributed by atoms with Crippen molar-refractivity contribution in [2.75, 3.05) is 6.54 Å². The van der Waals surface area contributed by atoms with Gasteiger partial charge in [0.15, 0.2) is 0 Å². The van der Waals surface area contributed by atoms with E-state index >= 15 is 0 Å². The zero-order valence-electron chi connectivity index (χ0n) is 19.7. The summed E-state index contributed by atoms with van der Waals surface area (Å²) in [5.74, 6) is 0.355. The summed E-state index contributed by atoms with van der Waals surface area (Å²) >= 11 is 0. The first-order valence-electron chi connectivity index (χ1n) is 11.2. The van der Waals surface area contributed by atoms with Gasteiger partial charge in [-0.15, -0.1) is 0 Å². The van der Waals surface area contributed by atoms with Crippen LogP contribution in [-0.2, 0) is 6.54 Å². The minimum atomic E-state index is -0.476. The largest absolute Gasteiger partial charge is 0.328 e. The van der Waals surface area contributed by atoms with E-state index in [1.807, 2.05) is 33.8 Å². The van der Waals surface area contributed by atoms with Crippen molar-refractivity contribution in [3.05, 3.63) is 79.9 Å². The number of amides is 1. The number of para-hydroxylation sites is 1. The topological polar surface area (TPSA) is 98.3 Å². The summed E-state index contributed by atoms with van der Waals surface area (Å²) in [5, 5.41) is 12.0. The van der Waals surface area contributed by atoms with Gasteiger partial charge >= 0.3 is 0 Å². The van der Waals surface area contributed by atoms with Crippen LogP contribution >= 0.6 is 0 Å². The molecule has 0 saturated carbocycles. The Hall–Kier alpha value is -3.55. The van der Waals surface area contributed by atoms with Gasteiger partial charge in [-0.3, -0.25) is 24.3 Å². The third-order valence-electron chi connectivity index (χ3n) is 5.74. The van der Waals surface area contributed by atoms with E-state index in [1.54, 1.807) is 46.7 Å². The molecule has 1 aromatic heterocycles. The Kier molecular flexibility index (Phi) is 7.26. The van der Waals surface area contributed by atoms with Crippen LogP contribution in [0.3, 0.4) is 0 Å². The number of aromatic nitrogens is 2. The maximum atomic E-state index is 13.7. The van der Waals surface area contributed by atoms with Gasteiger partial charge < -0.3 is 4.90 Å². The van der Waals surface area contributed by atoms with Crippen LogP contribution in [0.1, 0.15) is 61.9 Å². The summed E-state index contributed by atoms with van der Waals surface area (Å²) in [6, 6.07) is 11.3. The van der Waals surface area contributed by atoms with Crippen LogP contribution < -0.4 is 5.56 Å². The van der Waals surface area contributed by atoms with E-state index in [4.69, 9.17) is 4.98 Å². The summed E-state index contributed by atoms with van der Waals surface area (Å²) in [7, 11) is 0. The Morgan fingerprint density at radius 3 is 2.48 bits per heavy atom. The molecule has 33 heavy (non-hydrogen) atoms. The zero-order valence-corrected chi connectivity index (χ0v) is 19.7. The molecule has 1 atom stereocenters. The molecule has 0 saturated heterocycles. The first-order chi connectivity index (χ1) is 15.7. The molecule has 0 N–H and O–H groups in total. The van der Waals surface area contributed by atoms with Crippen LogP contribution in [0, 0.1) is 23.0 Å². The number of rotatable bonds is 8. The normalized spacial score (nSPS) is 12.2. The maximum absolute atomic E-state index is 13.7. The Bertz CT molecular complexity index is 1250. The molecule has 0 radical (unpaired) electrons. The average Bonchev–Trinajstić information content (AvgIpc) is 2.78. The molecule has 0 spiro atoms. The molecule has 1 amide bonds. The van der Waals surface area contributed by atoms with Crippen molar-refractivity contribution in [2.45, 2.75) is 53.6 Å². The van der Waals surface area contributed by atoms with E-state index in [-0.39, 0.29) is 28.6 Å². The van der Waals surface area contributed by atoms with Gasteiger partial charge in [0.2, 0.25) is 0 Å². The van der Waals surface area contributed by atoms with E-state index < -0.39 is 11.0 Å². The molecule has 0 bridgehead atoms. The SMILES string of the molecule is CCC(c1nc2ccccc2c(=O)n1CC)N(CC(C)C)C(=O)c1ccc(C)c([N+](=O)[O-])c1. The van der Waals surface area contributed by atoms with Crippen LogP contribution in [0.5, 0.6) is 0 Å². The lowest BCUT2D eigenvalue weighted by Gasteiger charge is -2.33. The Morgan fingerprint density at radius 2 is 1.88 bits per heavy atom. The number of nitro groups is 1. The fourth-order valence-corrected chi connectivity index (χ4v) is 4.14. The van der Waals surface area contributed by atoms with Crippen molar-refractivity contribution in [3.8, 4) is 0 Å². The zero-order chi connectivity index (χ0) is 24.3. The van der Waals surface area contributed by atoms with Gasteiger partial charge in [0.25, 0.3) is 17.2 Å². The van der Waals surface area contributed by atoms with Gasteiger partial charge in [-0.1, -0.05) is 39.0 Å². The predicted molar refractivity (Wildman–Crippen MR) is 128 cm³/mol. The van der Waals surface area contributed by atoms with Crippen molar-refractivity contribution in [1.29, 1.82) is 0 Å². The van der Waals surface area contributed by atoms with Crippen molar-refractivity contribution < 1.29 is 9.72 Å². The van der Waals surface area contributed by atoms with Crippen LogP contribution in [0.4, 0.5) is 5.69 Å². The number of carbonyl (C=O) groups is 1. The quantitative estimate of drug-likeness (QED) is 0.360. The summed E-state index contributed by atoms with van der Waals surface area (Å²) < 4.78 is 1.62. The third-order valence-corrected chi connectivity index (χ3v) is 5.74. The lowest BCUT2D eigenvalue weighted by atomic mass is 10.0. The lowest BCUT2D eigenvalue weighted by molar-refractivity contribution is -0.385. The number of benzene rings is 2. The molecule has 8 heteroatoms. The van der Waals surface area contributed by atoms with Gasteiger partial charge in [-0.2, -0.15) is 0 Å². The first kappa shape index (κ1) is 24.1. The Labute approximate surface area is 193 Å². The van der Waals surface area contributed by atoms with Gasteiger partial charge in [0.1, 0.15) is 5.82 Å². The van der Waals surface area contributed by atoms with Crippen molar-refractivity contribution in [2.24, 2.45) is 5.92 Å². The third kappa shape index (κ3) is 4.79. The highest BCUT2D eigenvalue weighted by Gasteiger charge is 2.30. The second-order valence-corrected chi connectivity index (χ2v) is 8.57. The number of nitro benzene ring substituents is 1. The van der Waals surface area contributed by atoms with Crippen molar-refractivity contribution >= 4 is 22.5 Å². The molecule has 3 aromatic rings. The maximum Gasteiger partial charge on any atom is 0.273 e. The summed E-state index contributed by atoms with van der Waals surface area (Å²) in [6.45, 7) is 10.3. The van der Waals surface area contributed by atoms with E-state index in [1.165, 1.54) is 6.07 Å². The Balaban J connectivity index is 2.17. The number of fused-ring (bicyclic) bond motifs is 1. The highest BCUT2D eigenvalue weighted by Crippen LogP contribution is 2.28. The van der Waals surface area contributed by atoms with E-state index in [0.717, 1.165) is 0 Å². The molecule has 3 rings (SSSR count). The van der Waals surface area contributed by atoms with Crippen LogP contribution in [0.25, 0.3) is 10.9 Å². The second kappa shape index (κ2) is 9.94. The van der Waals surface area contributed by atoms with Gasteiger partial charge in [0, 0.05) is 30.3 Å². The molecule has 0 aliphatic carbocycles. The fourth-order valence-electron chi connectivity index (χ4n) is 4.14. The van der Waals surface area contributed by atoms with E-state index in [2.05, 4.69) is 0 Å². The van der Waals surface area contributed by atoms with Gasteiger partial charge in [0.05, 0.1) is 21.9 Å². The molecule has 8 nitrogen and oxygen atoms in total. The summed E-state index contributed by atoms with van der Waals surface area (Å²) in [5.41, 5.74) is 1.10. The fraction of sp³-hybridized carbons (Fsp3) is 0.400. The number of aryl methyl sites for hydroxylation is 1. The smallest absolute Gasteiger partial charge is 0.273 e. The van der Waals surface area contributed by atoms with Crippen LogP contribution in [-0.4, -0.2) is 31.8 Å². The minimum Gasteiger partial charge on any atom is -0.328 e. The monoisotopic (exact) mass is 450 g/mol. The van der Waals surface area contributed by atoms with Gasteiger partial charge in [-0.25, -0.2) is 4.98 Å². The number of carbonyl (C=O) groups excluding carboxylic acids is 1. The standard InChI is InChI=1S/C25H30N4O4/c1-6-21(23-26-20-11-9-8-10-19(20)25(31)27(23)7-2)28(15-16(3)4)24(30)18-13-12-17(5)22(14-18)29(32)33/h8-14,16,21H,6-7,15H2,1-5H3. The van der Waals surface area contributed by atoms with Gasteiger partial charge in [-0.05, 0) is 44.4 Å². The lowest BCUT2D eigenvalue weighted by Crippen LogP contribution is -2.40. The highest BCUT2D eigenvalue weighted by molar-refractivity contribution is 5.95. The highest BCUT2D eigenvalue weighted by atomic mass is 16.6. The number of nitrogens with zero attached hydrogens (tertiary/aromatic N) is 4. The van der Waals surface area contributed by atoms with E-state index in [9.17, 15) is 19.7 Å². The van der Waals surface area contributed by atoms with Crippen molar-refractivity contribution in [3.63, 3.8) is 0 Å². The predicted octanol–water partition coefficient (Wildman–Crippen LogP) is 4.88. The molecule has 0 fully saturated rings. The molecule has 2 aromatic carbocycles. The molecule has 0 aliphatic rings. The van der Waals surface area contributed by atoms with Crippen LogP contribution in [0.15, 0.2) is 47.3 Å². The molecular formula is C25H30N4O4. The minimum absolute atomic E-state index is 0.0901. The van der Waals surface area contributed by atoms with Crippen molar-refractivity contribution in [1.82, 2.24) is 14.5 Å².